The number of methoxy groups -OCH3 is 1. The number of furan rings is 1. The van der Waals surface area contributed by atoms with E-state index in [9.17, 15) is 0 Å². The maximum Gasteiger partial charge on any atom is 0.191 e. The van der Waals surface area contributed by atoms with Crippen LogP contribution in [0.3, 0.4) is 0 Å². The molecular weight excluding hydrogens is 445 g/mol. The molecule has 148 valence electrons. The minimum Gasteiger partial charge on any atom is -0.469 e. The highest BCUT2D eigenvalue weighted by Gasteiger charge is 2.31. The predicted molar refractivity (Wildman–Crippen MR) is 113 cm³/mol. The summed E-state index contributed by atoms with van der Waals surface area (Å²) in [5, 5.41) is 7.00. The van der Waals surface area contributed by atoms with Crippen LogP contribution in [0.4, 0.5) is 0 Å². The molecule has 0 radical (unpaired) electrons. The summed E-state index contributed by atoms with van der Waals surface area (Å²) in [5.41, 5.74) is 0. The molecule has 0 amide bonds. The lowest BCUT2D eigenvalue weighted by atomic mass is 10.1. The summed E-state index contributed by atoms with van der Waals surface area (Å²) in [6.07, 6.45) is 8.86. The Labute approximate surface area is 173 Å². The number of ether oxygens (including phenoxy) is 2. The molecular formula is C19H32IN3O3. The number of rotatable bonds is 9. The largest absolute Gasteiger partial charge is 0.469 e. The first kappa shape index (κ1) is 21.5. The molecule has 2 atom stereocenters. The zero-order chi connectivity index (χ0) is 17.3. The smallest absolute Gasteiger partial charge is 0.191 e. The number of aliphatic imine (C=N–C) groups is 1. The van der Waals surface area contributed by atoms with Gasteiger partial charge in [-0.05, 0) is 50.2 Å². The maximum atomic E-state index is 5.80. The van der Waals surface area contributed by atoms with E-state index >= 15 is 0 Å². The van der Waals surface area contributed by atoms with Crippen molar-refractivity contribution in [2.45, 2.75) is 50.7 Å². The van der Waals surface area contributed by atoms with Gasteiger partial charge >= 0.3 is 0 Å². The second kappa shape index (κ2) is 11.8. The van der Waals surface area contributed by atoms with E-state index < -0.39 is 0 Å². The fourth-order valence-electron chi connectivity index (χ4n) is 3.21. The Kier molecular flexibility index (Phi) is 9.77. The van der Waals surface area contributed by atoms with E-state index in [0.29, 0.717) is 25.1 Å². The molecule has 0 bridgehead atoms. The quantitative estimate of drug-likeness (QED) is 0.325. The molecule has 2 aliphatic rings. The lowest BCUT2D eigenvalue weighted by Crippen LogP contribution is -2.47. The number of halogens is 1. The molecule has 7 heteroatoms. The lowest BCUT2D eigenvalue weighted by molar-refractivity contribution is 0.0224. The van der Waals surface area contributed by atoms with Gasteiger partial charge in [0.15, 0.2) is 5.96 Å². The summed E-state index contributed by atoms with van der Waals surface area (Å²) in [6, 6.07) is 4.25. The van der Waals surface area contributed by atoms with Crippen molar-refractivity contribution in [1.82, 2.24) is 10.6 Å². The van der Waals surface area contributed by atoms with Crippen molar-refractivity contribution in [2.75, 3.05) is 33.4 Å². The van der Waals surface area contributed by atoms with Crippen LogP contribution in [0.1, 0.15) is 37.9 Å². The predicted octanol–water partition coefficient (Wildman–Crippen LogP) is 2.97. The molecule has 2 unspecified atom stereocenters. The number of nitrogens with one attached hydrogen (secondary N) is 2. The molecule has 0 aromatic carbocycles. The summed E-state index contributed by atoms with van der Waals surface area (Å²) in [5.74, 6) is 2.54. The van der Waals surface area contributed by atoms with Crippen molar-refractivity contribution in [3.8, 4) is 0 Å². The van der Waals surface area contributed by atoms with Gasteiger partial charge in [-0.3, -0.25) is 4.99 Å². The van der Waals surface area contributed by atoms with Crippen LogP contribution in [0.2, 0.25) is 0 Å². The van der Waals surface area contributed by atoms with E-state index in [-0.39, 0.29) is 30.1 Å². The highest BCUT2D eigenvalue weighted by atomic mass is 127. The molecule has 1 saturated heterocycles. The number of hydrogen-bond acceptors (Lipinski definition) is 4. The number of guanidine groups is 1. The van der Waals surface area contributed by atoms with Gasteiger partial charge in [-0.1, -0.05) is 0 Å². The van der Waals surface area contributed by atoms with Crippen molar-refractivity contribution in [2.24, 2.45) is 10.9 Å². The first-order valence-electron chi connectivity index (χ1n) is 9.53. The van der Waals surface area contributed by atoms with Crippen LogP contribution in [-0.4, -0.2) is 51.5 Å². The zero-order valence-electron chi connectivity index (χ0n) is 15.6. The highest BCUT2D eigenvalue weighted by molar-refractivity contribution is 14.0. The number of nitrogens with zero attached hydrogens (tertiary/aromatic N) is 1. The lowest BCUT2D eigenvalue weighted by Gasteiger charge is -2.23. The highest BCUT2D eigenvalue weighted by Crippen LogP contribution is 2.32. The van der Waals surface area contributed by atoms with Gasteiger partial charge in [0.25, 0.3) is 0 Å². The molecule has 6 nitrogen and oxygen atoms in total. The number of hydrogen-bond donors (Lipinski definition) is 2. The third-order valence-electron chi connectivity index (χ3n) is 4.83. The molecule has 3 rings (SSSR count). The summed E-state index contributed by atoms with van der Waals surface area (Å²) >= 11 is 0. The monoisotopic (exact) mass is 477 g/mol. The van der Waals surface area contributed by atoms with Crippen LogP contribution in [-0.2, 0) is 15.9 Å². The first-order chi connectivity index (χ1) is 12.3. The maximum absolute atomic E-state index is 5.80. The van der Waals surface area contributed by atoms with Gasteiger partial charge in [0, 0.05) is 26.7 Å². The molecule has 2 N–H and O–H groups in total. The topological polar surface area (TPSA) is 68.0 Å². The van der Waals surface area contributed by atoms with Crippen LogP contribution in [0, 0.1) is 5.92 Å². The summed E-state index contributed by atoms with van der Waals surface area (Å²) in [4.78, 5) is 4.78. The Morgan fingerprint density at radius 3 is 2.88 bits per heavy atom. The summed E-state index contributed by atoms with van der Waals surface area (Å²) in [7, 11) is 1.76. The summed E-state index contributed by atoms with van der Waals surface area (Å²) in [6.45, 7) is 3.07. The van der Waals surface area contributed by atoms with E-state index in [1.54, 1.807) is 13.4 Å². The Morgan fingerprint density at radius 1 is 1.35 bits per heavy atom. The van der Waals surface area contributed by atoms with Crippen LogP contribution >= 0.6 is 24.0 Å². The van der Waals surface area contributed by atoms with Crippen molar-refractivity contribution >= 4 is 29.9 Å². The minimum absolute atomic E-state index is 0. The fraction of sp³-hybridized carbons (Fsp3) is 0.737. The van der Waals surface area contributed by atoms with Crippen molar-refractivity contribution in [3.63, 3.8) is 0 Å². The second-order valence-electron chi connectivity index (χ2n) is 6.98. The Bertz CT molecular complexity index is 514. The molecule has 0 spiro atoms. The molecule has 1 aliphatic heterocycles. The Balaban J connectivity index is 0.00000243. The van der Waals surface area contributed by atoms with Gasteiger partial charge in [0.2, 0.25) is 0 Å². The van der Waals surface area contributed by atoms with Crippen LogP contribution < -0.4 is 10.6 Å². The van der Waals surface area contributed by atoms with Crippen molar-refractivity contribution in [3.05, 3.63) is 24.2 Å². The third-order valence-corrected chi connectivity index (χ3v) is 4.83. The van der Waals surface area contributed by atoms with Gasteiger partial charge in [-0.25, -0.2) is 0 Å². The van der Waals surface area contributed by atoms with E-state index in [0.717, 1.165) is 37.7 Å². The van der Waals surface area contributed by atoms with Gasteiger partial charge in [-0.2, -0.15) is 0 Å². The molecule has 2 heterocycles. The van der Waals surface area contributed by atoms with E-state index in [1.807, 2.05) is 12.1 Å². The Hall–Kier alpha value is -0.800. The molecule has 1 aromatic heterocycles. The molecule has 1 aliphatic carbocycles. The average molecular weight is 477 g/mol. The van der Waals surface area contributed by atoms with Gasteiger partial charge in [0.1, 0.15) is 5.76 Å². The minimum atomic E-state index is 0. The standard InChI is InChI=1S/C19H31N3O3.HI/c1-23-14-18(15-7-8-15)22-19(20-10-9-16-6-4-12-24-16)21-13-17-5-2-3-11-25-17;/h4,6,12,15,17-18H,2-3,5,7-11,13-14H2,1H3,(H2,20,21,22);1H. The normalized spacial score (nSPS) is 21.7. The zero-order valence-corrected chi connectivity index (χ0v) is 17.9. The van der Waals surface area contributed by atoms with E-state index in [1.165, 1.54) is 25.7 Å². The van der Waals surface area contributed by atoms with Crippen LogP contribution in [0.25, 0.3) is 0 Å². The van der Waals surface area contributed by atoms with Crippen molar-refractivity contribution in [1.29, 1.82) is 0 Å². The SMILES string of the molecule is COCC(NC(=NCC1CCCCO1)NCCc1ccco1)C1CC1.I. The van der Waals surface area contributed by atoms with E-state index in [4.69, 9.17) is 18.9 Å². The Morgan fingerprint density at radius 2 is 2.23 bits per heavy atom. The molecule has 1 saturated carbocycles. The summed E-state index contributed by atoms with van der Waals surface area (Å²) < 4.78 is 16.6. The van der Waals surface area contributed by atoms with Crippen molar-refractivity contribution < 1.29 is 13.9 Å². The average Bonchev–Trinajstić information content (AvgIpc) is 3.36. The second-order valence-corrected chi connectivity index (χ2v) is 6.98. The fourth-order valence-corrected chi connectivity index (χ4v) is 3.21. The molecule has 1 aromatic rings. The van der Waals surface area contributed by atoms with E-state index in [2.05, 4.69) is 10.6 Å². The van der Waals surface area contributed by atoms with Crippen LogP contribution in [0.5, 0.6) is 0 Å². The molecule has 2 fully saturated rings. The van der Waals surface area contributed by atoms with Crippen LogP contribution in [0.15, 0.2) is 27.8 Å². The third kappa shape index (κ3) is 7.44. The van der Waals surface area contributed by atoms with Gasteiger partial charge in [0.05, 0.1) is 31.6 Å². The first-order valence-corrected chi connectivity index (χ1v) is 9.53. The van der Waals surface area contributed by atoms with Gasteiger partial charge < -0.3 is 24.5 Å². The van der Waals surface area contributed by atoms with Gasteiger partial charge in [-0.15, -0.1) is 24.0 Å². The molecule has 26 heavy (non-hydrogen) atoms.